The monoisotopic (exact) mass is 384 g/mol. The maximum Gasteiger partial charge on any atom is 0.272 e. The number of rotatable bonds is 8. The predicted molar refractivity (Wildman–Crippen MR) is 90.3 cm³/mol. The highest BCUT2D eigenvalue weighted by Gasteiger charge is 2.28. The lowest BCUT2D eigenvalue weighted by Crippen LogP contribution is -2.44. The van der Waals surface area contributed by atoms with Gasteiger partial charge in [-0.2, -0.15) is 0 Å². The molecule has 1 aromatic rings. The van der Waals surface area contributed by atoms with E-state index >= 15 is 0 Å². The minimum atomic E-state index is -3.69. The summed E-state index contributed by atoms with van der Waals surface area (Å²) in [5.74, 6) is 0.471. The first kappa shape index (κ1) is 21.1. The highest BCUT2D eigenvalue weighted by Crippen LogP contribution is 2.28. The van der Waals surface area contributed by atoms with Gasteiger partial charge in [0.2, 0.25) is 10.0 Å². The maximum atomic E-state index is 12.4. The molecule has 0 spiro atoms. The number of nitrogens with two attached hydrogens (primary N) is 1. The molecule has 1 saturated carbocycles. The zero-order valence-electron chi connectivity index (χ0n) is 13.2. The second-order valence-electron chi connectivity index (χ2n) is 5.68. The quantitative estimate of drug-likeness (QED) is 0.721. The second kappa shape index (κ2) is 9.50. The number of nitrogens with one attached hydrogen (secondary N) is 1. The number of alkyl halides is 2. The molecule has 0 amide bonds. The first-order chi connectivity index (χ1) is 10.9. The summed E-state index contributed by atoms with van der Waals surface area (Å²) in [4.78, 5) is 0.0679. The third-order valence-electron chi connectivity index (χ3n) is 4.04. The fourth-order valence-electron chi connectivity index (χ4n) is 2.84. The molecular formula is C15H23ClF2N2O3S. The van der Waals surface area contributed by atoms with Crippen LogP contribution in [0.15, 0.2) is 29.2 Å². The summed E-state index contributed by atoms with van der Waals surface area (Å²) in [6.45, 7) is -0.471. The van der Waals surface area contributed by atoms with Gasteiger partial charge in [0.15, 0.2) is 0 Å². The number of hydrogen-bond acceptors (Lipinski definition) is 4. The van der Waals surface area contributed by atoms with Crippen molar-refractivity contribution in [3.05, 3.63) is 24.3 Å². The number of ether oxygens (including phenoxy) is 1. The van der Waals surface area contributed by atoms with Crippen molar-refractivity contribution >= 4 is 22.4 Å². The smallest absolute Gasteiger partial charge is 0.272 e. The van der Waals surface area contributed by atoms with Crippen LogP contribution in [0, 0.1) is 5.92 Å². The summed E-state index contributed by atoms with van der Waals surface area (Å²) in [7, 11) is -3.69. The Labute approximate surface area is 147 Å². The minimum Gasteiger partial charge on any atom is -0.488 e. The van der Waals surface area contributed by atoms with Gasteiger partial charge in [-0.3, -0.25) is 0 Å². The van der Waals surface area contributed by atoms with Crippen LogP contribution in [0.5, 0.6) is 5.75 Å². The van der Waals surface area contributed by atoms with Gasteiger partial charge >= 0.3 is 0 Å². The summed E-state index contributed by atoms with van der Waals surface area (Å²) in [5.41, 5.74) is 5.71. The Bertz CT molecular complexity index is 593. The third kappa shape index (κ3) is 5.84. The van der Waals surface area contributed by atoms with E-state index in [0.29, 0.717) is 0 Å². The molecule has 0 aliphatic heterocycles. The van der Waals surface area contributed by atoms with Gasteiger partial charge in [0.05, 0.1) is 4.90 Å². The van der Waals surface area contributed by atoms with Crippen molar-refractivity contribution in [3.8, 4) is 5.75 Å². The molecule has 1 fully saturated rings. The Kier molecular flexibility index (Phi) is 8.35. The molecule has 24 heavy (non-hydrogen) atoms. The van der Waals surface area contributed by atoms with E-state index in [0.717, 1.165) is 25.7 Å². The van der Waals surface area contributed by atoms with E-state index in [1.54, 1.807) is 0 Å². The fourth-order valence-corrected chi connectivity index (χ4v) is 4.16. The van der Waals surface area contributed by atoms with Crippen LogP contribution in [0.2, 0.25) is 0 Å². The molecule has 5 nitrogen and oxygen atoms in total. The summed E-state index contributed by atoms with van der Waals surface area (Å²) >= 11 is 0. The molecule has 1 atom stereocenters. The van der Waals surface area contributed by atoms with Crippen molar-refractivity contribution in [2.24, 2.45) is 11.7 Å². The number of benzene rings is 1. The standard InChI is InChI=1S/C15H22F2N2O3S.ClH/c16-15(17)10-22-12-5-7-13(8-6-12)23(20,21)19-14(9-18)11-3-1-2-4-11;/h5-8,11,14-15,19H,1-4,9-10,18H2;1H. The molecule has 0 bridgehead atoms. The molecule has 0 aromatic heterocycles. The van der Waals surface area contributed by atoms with Crippen LogP contribution < -0.4 is 15.2 Å². The highest BCUT2D eigenvalue weighted by atomic mass is 35.5. The molecule has 0 saturated heterocycles. The van der Waals surface area contributed by atoms with Crippen molar-refractivity contribution in [1.29, 1.82) is 0 Å². The first-order valence-corrected chi connectivity index (χ1v) is 9.14. The molecule has 138 valence electrons. The summed E-state index contributed by atoms with van der Waals surface area (Å²) in [6, 6.07) is 5.13. The lowest BCUT2D eigenvalue weighted by Gasteiger charge is -2.23. The average molecular weight is 385 g/mol. The highest BCUT2D eigenvalue weighted by molar-refractivity contribution is 7.89. The molecule has 1 aromatic carbocycles. The summed E-state index contributed by atoms with van der Waals surface area (Å²) in [5, 5.41) is 0. The van der Waals surface area contributed by atoms with Crippen LogP contribution in [-0.4, -0.2) is 34.0 Å². The molecular weight excluding hydrogens is 362 g/mol. The normalized spacial score (nSPS) is 16.8. The van der Waals surface area contributed by atoms with Crippen LogP contribution >= 0.6 is 12.4 Å². The molecule has 1 aliphatic rings. The van der Waals surface area contributed by atoms with Gasteiger partial charge in [-0.25, -0.2) is 21.9 Å². The largest absolute Gasteiger partial charge is 0.488 e. The van der Waals surface area contributed by atoms with Crippen molar-refractivity contribution in [1.82, 2.24) is 4.72 Å². The van der Waals surface area contributed by atoms with Gasteiger partial charge in [-0.1, -0.05) is 12.8 Å². The van der Waals surface area contributed by atoms with Gasteiger partial charge < -0.3 is 10.5 Å². The maximum absolute atomic E-state index is 12.4. The first-order valence-electron chi connectivity index (χ1n) is 7.66. The van der Waals surface area contributed by atoms with Crippen LogP contribution in [0.1, 0.15) is 25.7 Å². The molecule has 0 radical (unpaired) electrons. The number of hydrogen-bond donors (Lipinski definition) is 2. The van der Waals surface area contributed by atoms with E-state index < -0.39 is 23.1 Å². The third-order valence-corrected chi connectivity index (χ3v) is 5.55. The van der Waals surface area contributed by atoms with Crippen LogP contribution in [0.3, 0.4) is 0 Å². The van der Waals surface area contributed by atoms with Crippen LogP contribution in [-0.2, 0) is 10.0 Å². The minimum absolute atomic E-state index is 0. The van der Waals surface area contributed by atoms with Gasteiger partial charge in [0.1, 0.15) is 12.4 Å². The Balaban J connectivity index is 0.00000288. The van der Waals surface area contributed by atoms with E-state index in [-0.39, 0.29) is 41.6 Å². The van der Waals surface area contributed by atoms with E-state index in [1.165, 1.54) is 24.3 Å². The second-order valence-corrected chi connectivity index (χ2v) is 7.40. The van der Waals surface area contributed by atoms with Gasteiger partial charge in [0, 0.05) is 12.6 Å². The molecule has 0 heterocycles. The fraction of sp³-hybridized carbons (Fsp3) is 0.600. The zero-order valence-corrected chi connectivity index (χ0v) is 14.8. The van der Waals surface area contributed by atoms with Crippen molar-refractivity contribution in [2.45, 2.75) is 43.0 Å². The molecule has 9 heteroatoms. The molecule has 3 N–H and O–H groups in total. The topological polar surface area (TPSA) is 81.4 Å². The SMILES string of the molecule is Cl.NCC(NS(=O)(=O)c1ccc(OCC(F)F)cc1)C1CCCC1. The van der Waals surface area contributed by atoms with Gasteiger partial charge in [0.25, 0.3) is 6.43 Å². The number of sulfonamides is 1. The molecule has 1 aliphatic carbocycles. The summed E-state index contributed by atoms with van der Waals surface area (Å²) in [6.07, 6.45) is 1.57. The summed E-state index contributed by atoms with van der Waals surface area (Å²) < 4.78 is 56.5. The lowest BCUT2D eigenvalue weighted by molar-refractivity contribution is 0.0819. The Morgan fingerprint density at radius 1 is 1.21 bits per heavy atom. The van der Waals surface area contributed by atoms with Crippen molar-refractivity contribution < 1.29 is 21.9 Å². The Morgan fingerprint density at radius 3 is 2.29 bits per heavy atom. The van der Waals surface area contributed by atoms with Crippen LogP contribution in [0.25, 0.3) is 0 Å². The van der Waals surface area contributed by atoms with E-state index in [1.807, 2.05) is 0 Å². The Morgan fingerprint density at radius 2 is 1.79 bits per heavy atom. The van der Waals surface area contributed by atoms with E-state index in [9.17, 15) is 17.2 Å². The van der Waals surface area contributed by atoms with Crippen molar-refractivity contribution in [2.75, 3.05) is 13.2 Å². The molecule has 2 rings (SSSR count). The lowest BCUT2D eigenvalue weighted by atomic mass is 9.99. The van der Waals surface area contributed by atoms with Crippen molar-refractivity contribution in [3.63, 3.8) is 0 Å². The van der Waals surface area contributed by atoms with Gasteiger partial charge in [-0.05, 0) is 43.0 Å². The van der Waals surface area contributed by atoms with Crippen LogP contribution in [0.4, 0.5) is 8.78 Å². The predicted octanol–water partition coefficient (Wildman–Crippen LogP) is 2.55. The Hall–Kier alpha value is -0.960. The number of halogens is 3. The zero-order chi connectivity index (χ0) is 16.9. The van der Waals surface area contributed by atoms with Gasteiger partial charge in [-0.15, -0.1) is 12.4 Å². The average Bonchev–Trinajstić information content (AvgIpc) is 3.05. The van der Waals surface area contributed by atoms with E-state index in [2.05, 4.69) is 4.72 Å². The molecule has 1 unspecified atom stereocenters. The van der Waals surface area contributed by atoms with E-state index in [4.69, 9.17) is 10.5 Å².